The average Bonchev–Trinajstić information content (AvgIpc) is 3.11. The molecule has 2 heterocycles. The van der Waals surface area contributed by atoms with E-state index < -0.39 is 0 Å². The molecular weight excluding hydrogens is 368 g/mol. The summed E-state index contributed by atoms with van der Waals surface area (Å²) < 4.78 is 10.4. The van der Waals surface area contributed by atoms with Crippen LogP contribution in [-0.2, 0) is 14.3 Å². The molecule has 0 radical (unpaired) electrons. The lowest BCUT2D eigenvalue weighted by atomic mass is 10.2. The molecule has 3 rings (SSSR count). The first-order chi connectivity index (χ1) is 12.7. The number of benzene rings is 1. The van der Waals surface area contributed by atoms with Crippen molar-refractivity contribution in [2.24, 2.45) is 0 Å². The highest BCUT2D eigenvalue weighted by atomic mass is 32.2. The molecule has 2 aromatic heterocycles. The molecule has 26 heavy (non-hydrogen) atoms. The van der Waals surface area contributed by atoms with Gasteiger partial charge < -0.3 is 9.47 Å². The van der Waals surface area contributed by atoms with Gasteiger partial charge in [0.25, 0.3) is 0 Å². The van der Waals surface area contributed by atoms with E-state index in [-0.39, 0.29) is 17.8 Å². The first-order valence-electron chi connectivity index (χ1n) is 8.40. The maximum Gasteiger partial charge on any atom is 0.319 e. The molecule has 1 aromatic carbocycles. The third-order valence-corrected chi connectivity index (χ3v) is 5.83. The van der Waals surface area contributed by atoms with Gasteiger partial charge in [-0.25, -0.2) is 9.97 Å². The third-order valence-electron chi connectivity index (χ3n) is 3.65. The fourth-order valence-corrected chi connectivity index (χ4v) is 4.31. The quantitative estimate of drug-likeness (QED) is 0.246. The molecule has 0 aliphatic heterocycles. The SMILES string of the molecule is CCOCCOC(=O)[C@@H](C)Sc1ncnc2sc(-c3ccccc3)cc12. The molecule has 7 heteroatoms. The van der Waals surface area contributed by atoms with Gasteiger partial charge in [-0.2, -0.15) is 0 Å². The van der Waals surface area contributed by atoms with Crippen molar-refractivity contribution in [1.29, 1.82) is 0 Å². The Kier molecular flexibility index (Phi) is 6.60. The van der Waals surface area contributed by atoms with Crippen molar-refractivity contribution in [1.82, 2.24) is 9.97 Å². The zero-order chi connectivity index (χ0) is 18.4. The molecule has 5 nitrogen and oxygen atoms in total. The highest BCUT2D eigenvalue weighted by molar-refractivity contribution is 8.00. The normalized spacial score (nSPS) is 12.2. The van der Waals surface area contributed by atoms with Crippen LogP contribution in [-0.4, -0.2) is 41.0 Å². The Morgan fingerprint density at radius 2 is 2.04 bits per heavy atom. The molecule has 0 saturated carbocycles. The van der Waals surface area contributed by atoms with Crippen LogP contribution in [0.4, 0.5) is 0 Å². The number of thiophene rings is 1. The van der Waals surface area contributed by atoms with Crippen molar-refractivity contribution >= 4 is 39.3 Å². The molecule has 0 bridgehead atoms. The van der Waals surface area contributed by atoms with Crippen LogP contribution in [0.2, 0.25) is 0 Å². The highest BCUT2D eigenvalue weighted by Gasteiger charge is 2.19. The smallest absolute Gasteiger partial charge is 0.319 e. The van der Waals surface area contributed by atoms with E-state index in [1.807, 2.05) is 32.0 Å². The lowest BCUT2D eigenvalue weighted by Crippen LogP contribution is -2.19. The maximum absolute atomic E-state index is 12.1. The van der Waals surface area contributed by atoms with Gasteiger partial charge in [0.1, 0.15) is 28.0 Å². The summed E-state index contributed by atoms with van der Waals surface area (Å²) in [6.45, 7) is 5.04. The van der Waals surface area contributed by atoms with Gasteiger partial charge in [-0.05, 0) is 25.5 Å². The van der Waals surface area contributed by atoms with Gasteiger partial charge in [0.2, 0.25) is 0 Å². The van der Waals surface area contributed by atoms with Gasteiger partial charge in [-0.1, -0.05) is 42.1 Å². The molecular formula is C19H20N2O3S2. The number of carbonyl (C=O) groups is 1. The number of rotatable bonds is 8. The van der Waals surface area contributed by atoms with Gasteiger partial charge in [0, 0.05) is 16.9 Å². The summed E-state index contributed by atoms with van der Waals surface area (Å²) in [5.41, 5.74) is 1.15. The van der Waals surface area contributed by atoms with E-state index >= 15 is 0 Å². The molecule has 0 N–H and O–H groups in total. The summed E-state index contributed by atoms with van der Waals surface area (Å²) in [6, 6.07) is 12.3. The van der Waals surface area contributed by atoms with Crippen molar-refractivity contribution in [3.63, 3.8) is 0 Å². The second-order valence-electron chi connectivity index (χ2n) is 5.50. The van der Waals surface area contributed by atoms with Crippen LogP contribution < -0.4 is 0 Å². The number of ether oxygens (including phenoxy) is 2. The first kappa shape index (κ1) is 18.8. The van der Waals surface area contributed by atoms with Crippen LogP contribution in [0.25, 0.3) is 20.7 Å². The lowest BCUT2D eigenvalue weighted by Gasteiger charge is -2.11. The monoisotopic (exact) mass is 388 g/mol. The number of hydrogen-bond acceptors (Lipinski definition) is 7. The van der Waals surface area contributed by atoms with Gasteiger partial charge in [0.15, 0.2) is 0 Å². The molecule has 0 aliphatic rings. The van der Waals surface area contributed by atoms with E-state index in [9.17, 15) is 4.79 Å². The van der Waals surface area contributed by atoms with E-state index in [0.717, 1.165) is 25.7 Å². The van der Waals surface area contributed by atoms with E-state index in [0.29, 0.717) is 13.2 Å². The fourth-order valence-electron chi connectivity index (χ4n) is 2.35. The lowest BCUT2D eigenvalue weighted by molar-refractivity contribution is -0.144. The molecule has 0 fully saturated rings. The largest absolute Gasteiger partial charge is 0.462 e. The Balaban J connectivity index is 1.73. The summed E-state index contributed by atoms with van der Waals surface area (Å²) in [5.74, 6) is -0.264. The zero-order valence-corrected chi connectivity index (χ0v) is 16.3. The number of esters is 1. The van der Waals surface area contributed by atoms with Crippen molar-refractivity contribution in [2.75, 3.05) is 19.8 Å². The summed E-state index contributed by atoms with van der Waals surface area (Å²) in [6.07, 6.45) is 1.54. The number of thioether (sulfide) groups is 1. The Hall–Kier alpha value is -1.96. The average molecular weight is 389 g/mol. The molecule has 0 saturated heterocycles. The van der Waals surface area contributed by atoms with E-state index in [2.05, 4.69) is 28.2 Å². The number of carbonyl (C=O) groups excluding carboxylic acids is 1. The van der Waals surface area contributed by atoms with Crippen LogP contribution >= 0.6 is 23.1 Å². The summed E-state index contributed by atoms with van der Waals surface area (Å²) >= 11 is 3.02. The molecule has 0 aliphatic carbocycles. The predicted molar refractivity (Wildman–Crippen MR) is 106 cm³/mol. The van der Waals surface area contributed by atoms with Crippen molar-refractivity contribution in [3.8, 4) is 10.4 Å². The standard InChI is InChI=1S/C19H20N2O3S2/c1-3-23-9-10-24-19(22)13(2)25-17-15-11-16(14-7-5-4-6-8-14)26-18(15)21-12-20-17/h4-8,11-13H,3,9-10H2,1-2H3/t13-/m1/s1. The summed E-state index contributed by atoms with van der Waals surface area (Å²) in [5, 5.41) is 1.41. The van der Waals surface area contributed by atoms with E-state index in [1.54, 1.807) is 17.7 Å². The third kappa shape index (κ3) is 4.60. The van der Waals surface area contributed by atoms with Crippen molar-refractivity contribution < 1.29 is 14.3 Å². The second kappa shape index (κ2) is 9.12. The summed E-state index contributed by atoms with van der Waals surface area (Å²) in [7, 11) is 0. The van der Waals surface area contributed by atoms with Crippen LogP contribution in [0.5, 0.6) is 0 Å². The molecule has 0 spiro atoms. The molecule has 1 atom stereocenters. The Labute approximate surface area is 160 Å². The minimum absolute atomic E-state index is 0.264. The summed E-state index contributed by atoms with van der Waals surface area (Å²) in [4.78, 5) is 22.9. The zero-order valence-electron chi connectivity index (χ0n) is 14.7. The van der Waals surface area contributed by atoms with E-state index in [4.69, 9.17) is 9.47 Å². The Morgan fingerprint density at radius 3 is 2.81 bits per heavy atom. The molecule has 0 unspecified atom stereocenters. The van der Waals surface area contributed by atoms with Crippen LogP contribution in [0, 0.1) is 0 Å². The highest BCUT2D eigenvalue weighted by Crippen LogP contribution is 2.37. The predicted octanol–water partition coefficient (Wildman–Crippen LogP) is 4.42. The number of hydrogen-bond donors (Lipinski definition) is 0. The number of nitrogens with zero attached hydrogens (tertiary/aromatic N) is 2. The molecule has 136 valence electrons. The fraction of sp³-hybridized carbons (Fsp3) is 0.316. The van der Waals surface area contributed by atoms with Gasteiger partial charge in [-0.15, -0.1) is 11.3 Å². The minimum atomic E-state index is -0.352. The maximum atomic E-state index is 12.1. The van der Waals surface area contributed by atoms with Crippen molar-refractivity contribution in [2.45, 2.75) is 24.1 Å². The molecule has 3 aromatic rings. The van der Waals surface area contributed by atoms with E-state index in [1.165, 1.54) is 11.8 Å². The van der Waals surface area contributed by atoms with Crippen LogP contribution in [0.15, 0.2) is 47.8 Å². The Morgan fingerprint density at radius 1 is 1.23 bits per heavy atom. The number of aromatic nitrogens is 2. The van der Waals surface area contributed by atoms with Gasteiger partial charge in [-0.3, -0.25) is 4.79 Å². The van der Waals surface area contributed by atoms with Crippen LogP contribution in [0.1, 0.15) is 13.8 Å². The first-order valence-corrected chi connectivity index (χ1v) is 10.1. The number of fused-ring (bicyclic) bond motifs is 1. The van der Waals surface area contributed by atoms with Gasteiger partial charge in [0.05, 0.1) is 6.61 Å². The minimum Gasteiger partial charge on any atom is -0.462 e. The van der Waals surface area contributed by atoms with Crippen molar-refractivity contribution in [3.05, 3.63) is 42.7 Å². The topological polar surface area (TPSA) is 61.3 Å². The molecule has 0 amide bonds. The second-order valence-corrected chi connectivity index (χ2v) is 7.86. The Bertz CT molecular complexity index is 868. The van der Waals surface area contributed by atoms with Gasteiger partial charge >= 0.3 is 5.97 Å². The van der Waals surface area contributed by atoms with Crippen LogP contribution in [0.3, 0.4) is 0 Å².